The van der Waals surface area contributed by atoms with Crippen molar-refractivity contribution in [2.75, 3.05) is 32.9 Å². The molecule has 0 radical (unpaired) electrons. The molecule has 7 nitrogen and oxygen atoms in total. The van der Waals surface area contributed by atoms with Crippen molar-refractivity contribution in [3.63, 3.8) is 0 Å². The Morgan fingerprint density at radius 2 is 2.19 bits per heavy atom. The zero-order chi connectivity index (χ0) is 19.2. The summed E-state index contributed by atoms with van der Waals surface area (Å²) in [7, 11) is 0. The molecule has 4 rings (SSSR count). The Bertz CT molecular complexity index is 776. The number of carbonyl (C=O) groups is 2. The number of rotatable bonds is 4. The van der Waals surface area contributed by atoms with E-state index in [2.05, 4.69) is 0 Å². The maximum Gasteiger partial charge on any atom is 0.311 e. The van der Waals surface area contributed by atoms with Gasteiger partial charge in [-0.15, -0.1) is 0 Å². The SMILES string of the molecule is CC1(C)Cc2cccc(OCC(=O)N3C[C@H]4COCC[C@@]4(C(=O)O)C3)c2O1. The summed E-state index contributed by atoms with van der Waals surface area (Å²) in [6.07, 6.45) is 1.23. The van der Waals surface area contributed by atoms with Crippen LogP contribution in [0.2, 0.25) is 0 Å². The van der Waals surface area contributed by atoms with E-state index < -0.39 is 11.4 Å². The second-order valence-electron chi connectivity index (χ2n) is 8.33. The smallest absolute Gasteiger partial charge is 0.311 e. The molecule has 2 fully saturated rings. The number of aliphatic carboxylic acids is 1. The lowest BCUT2D eigenvalue weighted by Gasteiger charge is -2.33. The van der Waals surface area contributed by atoms with Crippen LogP contribution in [-0.4, -0.2) is 60.4 Å². The van der Waals surface area contributed by atoms with Gasteiger partial charge >= 0.3 is 5.97 Å². The zero-order valence-electron chi connectivity index (χ0n) is 15.7. The molecule has 1 N–H and O–H groups in total. The van der Waals surface area contributed by atoms with E-state index in [0.29, 0.717) is 37.7 Å². The number of carboxylic acids is 1. The van der Waals surface area contributed by atoms with E-state index >= 15 is 0 Å². The molecule has 3 aliphatic rings. The number of ether oxygens (including phenoxy) is 3. The highest BCUT2D eigenvalue weighted by Crippen LogP contribution is 2.43. The second kappa shape index (κ2) is 6.41. The second-order valence-corrected chi connectivity index (χ2v) is 8.33. The van der Waals surface area contributed by atoms with Crippen LogP contribution in [0.5, 0.6) is 11.5 Å². The number of hydrogen-bond donors (Lipinski definition) is 1. The fourth-order valence-electron chi connectivity index (χ4n) is 4.42. The van der Waals surface area contributed by atoms with Crippen LogP contribution in [0.3, 0.4) is 0 Å². The van der Waals surface area contributed by atoms with Gasteiger partial charge in [-0.25, -0.2) is 0 Å². The topological polar surface area (TPSA) is 85.3 Å². The van der Waals surface area contributed by atoms with Gasteiger partial charge in [0, 0.05) is 37.6 Å². The molecule has 7 heteroatoms. The van der Waals surface area contributed by atoms with Gasteiger partial charge in [-0.1, -0.05) is 12.1 Å². The van der Waals surface area contributed by atoms with Crippen LogP contribution in [0.4, 0.5) is 0 Å². The van der Waals surface area contributed by atoms with Crippen LogP contribution in [0.1, 0.15) is 25.8 Å². The van der Waals surface area contributed by atoms with Gasteiger partial charge in [-0.05, 0) is 26.3 Å². The molecule has 2 saturated heterocycles. The van der Waals surface area contributed by atoms with E-state index in [1.54, 1.807) is 11.0 Å². The summed E-state index contributed by atoms with van der Waals surface area (Å²) in [5.41, 5.74) is -0.113. The van der Waals surface area contributed by atoms with Crippen molar-refractivity contribution in [3.05, 3.63) is 23.8 Å². The van der Waals surface area contributed by atoms with Gasteiger partial charge in [0.2, 0.25) is 0 Å². The Balaban J connectivity index is 1.43. The Morgan fingerprint density at radius 3 is 2.93 bits per heavy atom. The maximum absolute atomic E-state index is 12.7. The third-order valence-electron chi connectivity index (χ3n) is 5.89. The van der Waals surface area contributed by atoms with Gasteiger partial charge in [-0.3, -0.25) is 9.59 Å². The summed E-state index contributed by atoms with van der Waals surface area (Å²) in [6.45, 7) is 5.31. The molecule has 3 heterocycles. The molecule has 1 amide bonds. The molecular formula is C20H25NO6. The van der Waals surface area contributed by atoms with Crippen molar-refractivity contribution in [2.24, 2.45) is 11.3 Å². The molecule has 2 atom stereocenters. The lowest BCUT2D eigenvalue weighted by Crippen LogP contribution is -2.45. The molecule has 0 spiro atoms. The predicted octanol–water partition coefficient (Wildman–Crippen LogP) is 1.73. The standard InChI is InChI=1S/C20H25NO6/c1-19(2)8-13-4-3-5-15(17(13)27-19)26-11-16(22)21-9-14-10-25-7-6-20(14,12-21)18(23)24/h3-5,14H,6-12H2,1-2H3,(H,23,24)/t14-,20+/m0/s1. The minimum Gasteiger partial charge on any atom is -0.483 e. The van der Waals surface area contributed by atoms with Crippen molar-refractivity contribution >= 4 is 11.9 Å². The quantitative estimate of drug-likeness (QED) is 0.863. The van der Waals surface area contributed by atoms with Crippen LogP contribution in [0.25, 0.3) is 0 Å². The summed E-state index contributed by atoms with van der Waals surface area (Å²) < 4.78 is 17.2. The van der Waals surface area contributed by atoms with Crippen molar-refractivity contribution in [3.8, 4) is 11.5 Å². The number of hydrogen-bond acceptors (Lipinski definition) is 5. The largest absolute Gasteiger partial charge is 0.483 e. The van der Waals surface area contributed by atoms with Gasteiger partial charge in [0.15, 0.2) is 18.1 Å². The lowest BCUT2D eigenvalue weighted by molar-refractivity contribution is -0.157. The molecule has 0 saturated carbocycles. The minimum absolute atomic E-state index is 0.135. The number of para-hydroxylation sites is 1. The average Bonchev–Trinajstić information content (AvgIpc) is 3.16. The number of likely N-dealkylation sites (tertiary alicyclic amines) is 1. The van der Waals surface area contributed by atoms with Crippen LogP contribution < -0.4 is 9.47 Å². The molecule has 1 aromatic rings. The van der Waals surface area contributed by atoms with Gasteiger partial charge in [0.25, 0.3) is 5.91 Å². The lowest BCUT2D eigenvalue weighted by atomic mass is 9.74. The number of amides is 1. The number of carbonyl (C=O) groups excluding carboxylic acids is 1. The molecule has 0 aliphatic carbocycles. The summed E-state index contributed by atoms with van der Waals surface area (Å²) in [5, 5.41) is 9.72. The molecular weight excluding hydrogens is 350 g/mol. The molecule has 27 heavy (non-hydrogen) atoms. The fourth-order valence-corrected chi connectivity index (χ4v) is 4.42. The Morgan fingerprint density at radius 1 is 1.37 bits per heavy atom. The first-order chi connectivity index (χ1) is 12.8. The van der Waals surface area contributed by atoms with E-state index in [4.69, 9.17) is 14.2 Å². The first-order valence-electron chi connectivity index (χ1n) is 9.33. The highest BCUT2D eigenvalue weighted by molar-refractivity contribution is 5.82. The Kier molecular flexibility index (Phi) is 4.29. The first kappa shape index (κ1) is 18.1. The molecule has 3 aliphatic heterocycles. The summed E-state index contributed by atoms with van der Waals surface area (Å²) in [4.78, 5) is 26.1. The number of carboxylic acid groups (broad SMARTS) is 1. The third kappa shape index (κ3) is 3.14. The van der Waals surface area contributed by atoms with Crippen LogP contribution in [0.15, 0.2) is 18.2 Å². The van der Waals surface area contributed by atoms with Gasteiger partial charge in [0.1, 0.15) is 5.60 Å². The predicted molar refractivity (Wildman–Crippen MR) is 95.9 cm³/mol. The molecule has 1 aromatic carbocycles. The van der Waals surface area contributed by atoms with E-state index in [1.807, 2.05) is 26.0 Å². The van der Waals surface area contributed by atoms with E-state index in [0.717, 1.165) is 12.0 Å². The summed E-state index contributed by atoms with van der Waals surface area (Å²) in [5.74, 6) is 0.0290. The van der Waals surface area contributed by atoms with Gasteiger partial charge in [-0.2, -0.15) is 0 Å². The number of benzene rings is 1. The molecule has 0 bridgehead atoms. The number of fused-ring (bicyclic) bond motifs is 2. The summed E-state index contributed by atoms with van der Waals surface area (Å²) in [6, 6.07) is 5.69. The van der Waals surface area contributed by atoms with Crippen LogP contribution in [0, 0.1) is 11.3 Å². The number of nitrogens with zero attached hydrogens (tertiary/aromatic N) is 1. The van der Waals surface area contributed by atoms with Gasteiger partial charge in [0.05, 0.1) is 12.0 Å². The highest BCUT2D eigenvalue weighted by atomic mass is 16.5. The van der Waals surface area contributed by atoms with E-state index in [1.165, 1.54) is 0 Å². The Labute approximate surface area is 158 Å². The monoisotopic (exact) mass is 375 g/mol. The summed E-state index contributed by atoms with van der Waals surface area (Å²) >= 11 is 0. The first-order valence-corrected chi connectivity index (χ1v) is 9.33. The van der Waals surface area contributed by atoms with Crippen LogP contribution in [-0.2, 0) is 20.7 Å². The van der Waals surface area contributed by atoms with Crippen molar-refractivity contribution in [2.45, 2.75) is 32.3 Å². The Hall–Kier alpha value is -2.28. The molecule has 146 valence electrons. The highest BCUT2D eigenvalue weighted by Gasteiger charge is 2.54. The van der Waals surface area contributed by atoms with E-state index in [9.17, 15) is 14.7 Å². The van der Waals surface area contributed by atoms with Gasteiger partial charge < -0.3 is 24.2 Å². The van der Waals surface area contributed by atoms with Crippen molar-refractivity contribution in [1.82, 2.24) is 4.90 Å². The average molecular weight is 375 g/mol. The van der Waals surface area contributed by atoms with E-state index in [-0.39, 0.29) is 30.6 Å². The molecule has 0 aromatic heterocycles. The van der Waals surface area contributed by atoms with Crippen LogP contribution >= 0.6 is 0 Å². The normalized spacial score (nSPS) is 28.2. The van der Waals surface area contributed by atoms with Crippen molar-refractivity contribution < 1.29 is 28.9 Å². The third-order valence-corrected chi connectivity index (χ3v) is 5.89. The minimum atomic E-state index is -0.894. The zero-order valence-corrected chi connectivity index (χ0v) is 15.7. The maximum atomic E-state index is 12.7. The fraction of sp³-hybridized carbons (Fsp3) is 0.600. The van der Waals surface area contributed by atoms with Crippen molar-refractivity contribution in [1.29, 1.82) is 0 Å². The molecule has 0 unspecified atom stereocenters.